The SMILES string of the molecule is Clc1cccc([C@@H]2Oc3ccc(Cl)cc3[C@H]3CC(c4ccc(Br)cc4)=NN32)c1. The van der Waals surface area contributed by atoms with Crippen molar-refractivity contribution in [2.75, 3.05) is 0 Å². The first-order valence-corrected chi connectivity index (χ1v) is 10.5. The van der Waals surface area contributed by atoms with Crippen molar-refractivity contribution in [1.29, 1.82) is 0 Å². The Labute approximate surface area is 181 Å². The van der Waals surface area contributed by atoms with E-state index in [-0.39, 0.29) is 12.3 Å². The fourth-order valence-corrected chi connectivity index (χ4v) is 4.40. The first-order chi connectivity index (χ1) is 13.6. The van der Waals surface area contributed by atoms with Crippen LogP contribution >= 0.6 is 39.1 Å². The zero-order chi connectivity index (χ0) is 19.3. The molecule has 0 N–H and O–H groups in total. The van der Waals surface area contributed by atoms with Gasteiger partial charge >= 0.3 is 0 Å². The first-order valence-electron chi connectivity index (χ1n) is 8.92. The summed E-state index contributed by atoms with van der Waals surface area (Å²) in [4.78, 5) is 0. The summed E-state index contributed by atoms with van der Waals surface area (Å²) in [6.45, 7) is 0. The first kappa shape index (κ1) is 18.0. The normalized spacial score (nSPS) is 20.2. The molecule has 6 heteroatoms. The number of hydrogen-bond donors (Lipinski definition) is 0. The number of benzene rings is 3. The summed E-state index contributed by atoms with van der Waals surface area (Å²) in [6.07, 6.45) is 0.445. The number of hydrogen-bond acceptors (Lipinski definition) is 3. The summed E-state index contributed by atoms with van der Waals surface area (Å²) in [5.74, 6) is 0.836. The van der Waals surface area contributed by atoms with Crippen LogP contribution in [0.15, 0.2) is 76.3 Å². The van der Waals surface area contributed by atoms with Crippen molar-refractivity contribution in [3.63, 3.8) is 0 Å². The number of rotatable bonds is 2. The minimum absolute atomic E-state index is 0.0603. The van der Waals surface area contributed by atoms with Gasteiger partial charge in [0, 0.05) is 32.1 Å². The zero-order valence-electron chi connectivity index (χ0n) is 14.6. The van der Waals surface area contributed by atoms with E-state index < -0.39 is 0 Å². The van der Waals surface area contributed by atoms with Crippen molar-refractivity contribution >= 4 is 44.8 Å². The number of fused-ring (bicyclic) bond motifs is 3. The van der Waals surface area contributed by atoms with E-state index in [1.807, 2.05) is 59.6 Å². The molecule has 3 aromatic rings. The Bertz CT molecular complexity index is 1080. The van der Waals surface area contributed by atoms with Crippen LogP contribution in [0.25, 0.3) is 0 Å². The minimum atomic E-state index is -0.342. The van der Waals surface area contributed by atoms with Crippen LogP contribution in [0.2, 0.25) is 10.0 Å². The topological polar surface area (TPSA) is 24.8 Å². The molecular formula is C22H15BrCl2N2O. The predicted octanol–water partition coefficient (Wildman–Crippen LogP) is 7.00. The lowest BCUT2D eigenvalue weighted by Crippen LogP contribution is -2.33. The van der Waals surface area contributed by atoms with Crippen molar-refractivity contribution in [1.82, 2.24) is 5.01 Å². The van der Waals surface area contributed by atoms with Gasteiger partial charge in [-0.2, -0.15) is 5.10 Å². The van der Waals surface area contributed by atoms with Gasteiger partial charge in [0.2, 0.25) is 6.23 Å². The van der Waals surface area contributed by atoms with Crippen molar-refractivity contribution < 1.29 is 4.74 Å². The van der Waals surface area contributed by atoms with Gasteiger partial charge < -0.3 is 4.74 Å². The fraction of sp³-hybridized carbons (Fsp3) is 0.136. The van der Waals surface area contributed by atoms with Crippen LogP contribution in [0.1, 0.15) is 35.4 Å². The highest BCUT2D eigenvalue weighted by molar-refractivity contribution is 9.10. The number of ether oxygens (including phenoxy) is 1. The molecule has 0 unspecified atom stereocenters. The lowest BCUT2D eigenvalue weighted by atomic mass is 9.96. The van der Waals surface area contributed by atoms with Gasteiger partial charge in [-0.1, -0.05) is 63.4 Å². The molecule has 3 aromatic carbocycles. The van der Waals surface area contributed by atoms with Gasteiger partial charge in [0.1, 0.15) is 5.75 Å². The maximum absolute atomic E-state index is 6.34. The number of halogens is 3. The van der Waals surface area contributed by atoms with Gasteiger partial charge in [0.25, 0.3) is 0 Å². The molecular weight excluding hydrogens is 459 g/mol. The molecule has 0 saturated carbocycles. The summed E-state index contributed by atoms with van der Waals surface area (Å²) in [6, 6.07) is 21.8. The average molecular weight is 474 g/mol. The Balaban J connectivity index is 1.61. The summed E-state index contributed by atoms with van der Waals surface area (Å²) in [5.41, 5.74) is 4.16. The maximum Gasteiger partial charge on any atom is 0.213 e. The second-order valence-electron chi connectivity index (χ2n) is 6.86. The van der Waals surface area contributed by atoms with E-state index in [1.165, 1.54) is 0 Å². The largest absolute Gasteiger partial charge is 0.464 e. The maximum atomic E-state index is 6.34. The number of nitrogens with zero attached hydrogens (tertiary/aromatic N) is 2. The molecule has 28 heavy (non-hydrogen) atoms. The fourth-order valence-electron chi connectivity index (χ4n) is 3.76. The van der Waals surface area contributed by atoms with Crippen LogP contribution in [0.3, 0.4) is 0 Å². The van der Waals surface area contributed by atoms with E-state index in [1.54, 1.807) is 0 Å². The highest BCUT2D eigenvalue weighted by atomic mass is 79.9. The smallest absolute Gasteiger partial charge is 0.213 e. The van der Waals surface area contributed by atoms with Crippen molar-refractivity contribution in [2.24, 2.45) is 5.10 Å². The monoisotopic (exact) mass is 472 g/mol. The third kappa shape index (κ3) is 3.20. The summed E-state index contributed by atoms with van der Waals surface area (Å²) in [7, 11) is 0. The molecule has 0 saturated heterocycles. The average Bonchev–Trinajstić information content (AvgIpc) is 3.14. The van der Waals surface area contributed by atoms with Crippen LogP contribution in [-0.4, -0.2) is 10.7 Å². The van der Waals surface area contributed by atoms with Crippen molar-refractivity contribution in [3.8, 4) is 5.75 Å². The minimum Gasteiger partial charge on any atom is -0.464 e. The van der Waals surface area contributed by atoms with Gasteiger partial charge in [-0.05, 0) is 48.0 Å². The summed E-state index contributed by atoms with van der Waals surface area (Å²) in [5, 5.41) is 8.35. The van der Waals surface area contributed by atoms with Crippen LogP contribution in [0, 0.1) is 0 Å². The molecule has 2 atom stereocenters. The van der Waals surface area contributed by atoms with Gasteiger partial charge in [-0.25, -0.2) is 5.01 Å². The second kappa shape index (κ2) is 7.11. The van der Waals surface area contributed by atoms with E-state index in [4.69, 9.17) is 33.0 Å². The molecule has 2 heterocycles. The molecule has 0 fully saturated rings. The summed E-state index contributed by atoms with van der Waals surface area (Å²) < 4.78 is 7.39. The Kier molecular flexibility index (Phi) is 4.58. The third-order valence-electron chi connectivity index (χ3n) is 5.06. The molecule has 5 rings (SSSR count). The Morgan fingerprint density at radius 3 is 2.54 bits per heavy atom. The molecule has 0 amide bonds. The Hall–Kier alpha value is -2.01. The van der Waals surface area contributed by atoms with Crippen molar-refractivity contribution in [2.45, 2.75) is 18.7 Å². The van der Waals surface area contributed by atoms with Crippen molar-refractivity contribution in [3.05, 3.63) is 97.9 Å². The molecule has 0 aliphatic carbocycles. The molecule has 2 aliphatic rings. The van der Waals surface area contributed by atoms with Crippen LogP contribution < -0.4 is 4.74 Å². The highest BCUT2D eigenvalue weighted by Gasteiger charge is 2.41. The molecule has 2 aliphatic heterocycles. The second-order valence-corrected chi connectivity index (χ2v) is 8.65. The third-order valence-corrected chi connectivity index (χ3v) is 6.06. The molecule has 3 nitrogen and oxygen atoms in total. The van der Waals surface area contributed by atoms with E-state index >= 15 is 0 Å². The van der Waals surface area contributed by atoms with E-state index in [2.05, 4.69) is 28.1 Å². The quantitative estimate of drug-likeness (QED) is 0.400. The molecule has 140 valence electrons. The van der Waals surface area contributed by atoms with Crippen LogP contribution in [0.4, 0.5) is 0 Å². The van der Waals surface area contributed by atoms with Gasteiger partial charge in [0.05, 0.1) is 11.8 Å². The lowest BCUT2D eigenvalue weighted by Gasteiger charge is -2.38. The van der Waals surface area contributed by atoms with E-state index in [9.17, 15) is 0 Å². The van der Waals surface area contributed by atoms with Gasteiger partial charge in [-0.3, -0.25) is 0 Å². The van der Waals surface area contributed by atoms with Crippen LogP contribution in [-0.2, 0) is 0 Å². The molecule has 0 aromatic heterocycles. The van der Waals surface area contributed by atoms with Gasteiger partial charge in [0.15, 0.2) is 0 Å². The Morgan fingerprint density at radius 2 is 1.75 bits per heavy atom. The molecule has 0 radical (unpaired) electrons. The van der Waals surface area contributed by atoms with Crippen LogP contribution in [0.5, 0.6) is 5.75 Å². The summed E-state index contributed by atoms with van der Waals surface area (Å²) >= 11 is 16.0. The zero-order valence-corrected chi connectivity index (χ0v) is 17.7. The van der Waals surface area contributed by atoms with E-state index in [0.717, 1.165) is 39.0 Å². The molecule has 0 spiro atoms. The standard InChI is InChI=1S/C22H15BrCl2N2O/c23-15-6-4-13(5-7-15)19-12-20-18-11-17(25)8-9-21(18)28-22(27(20)26-19)14-2-1-3-16(24)10-14/h1-11,20,22H,12H2/t20-,22+/m1/s1. The van der Waals surface area contributed by atoms with E-state index in [0.29, 0.717) is 10.0 Å². The Morgan fingerprint density at radius 1 is 0.964 bits per heavy atom. The highest BCUT2D eigenvalue weighted by Crippen LogP contribution is 2.48. The molecule has 0 bridgehead atoms. The van der Waals surface area contributed by atoms with Gasteiger partial charge in [-0.15, -0.1) is 0 Å². The number of hydrazone groups is 1. The predicted molar refractivity (Wildman–Crippen MR) is 116 cm³/mol. The lowest BCUT2D eigenvalue weighted by molar-refractivity contribution is -0.0190.